The number of likely N-dealkylation sites (N-methyl/N-ethyl adjacent to an activating group) is 1. The SMILES string of the molecule is CN(CCCn1cccn1)C1Cc2ccccc2C1. The average molecular weight is 255 g/mol. The smallest absolute Gasteiger partial charge is 0.0489 e. The van der Waals surface area contributed by atoms with Gasteiger partial charge in [0, 0.05) is 25.0 Å². The third-order valence-electron chi connectivity index (χ3n) is 4.11. The van der Waals surface area contributed by atoms with E-state index in [4.69, 9.17) is 0 Å². The molecule has 2 aromatic rings. The summed E-state index contributed by atoms with van der Waals surface area (Å²) < 4.78 is 2.01. The van der Waals surface area contributed by atoms with E-state index in [0.717, 1.165) is 19.5 Å². The van der Waals surface area contributed by atoms with Gasteiger partial charge in [-0.05, 0) is 50.0 Å². The third-order valence-corrected chi connectivity index (χ3v) is 4.11. The van der Waals surface area contributed by atoms with Gasteiger partial charge < -0.3 is 4.90 Å². The van der Waals surface area contributed by atoms with Crippen LogP contribution < -0.4 is 0 Å². The first-order valence-electron chi connectivity index (χ1n) is 7.07. The predicted octanol–water partition coefficient (Wildman–Crippen LogP) is 2.37. The van der Waals surface area contributed by atoms with Crippen molar-refractivity contribution in [1.82, 2.24) is 14.7 Å². The summed E-state index contributed by atoms with van der Waals surface area (Å²) in [6.45, 7) is 2.15. The Morgan fingerprint density at radius 2 is 1.95 bits per heavy atom. The van der Waals surface area contributed by atoms with Gasteiger partial charge >= 0.3 is 0 Å². The van der Waals surface area contributed by atoms with E-state index in [2.05, 4.69) is 41.3 Å². The number of hydrogen-bond acceptors (Lipinski definition) is 2. The molecule has 0 amide bonds. The van der Waals surface area contributed by atoms with Gasteiger partial charge in [0.1, 0.15) is 0 Å². The zero-order valence-electron chi connectivity index (χ0n) is 11.5. The highest BCUT2D eigenvalue weighted by atomic mass is 15.3. The molecule has 0 saturated heterocycles. The van der Waals surface area contributed by atoms with Gasteiger partial charge in [0.05, 0.1) is 0 Å². The molecule has 3 rings (SSSR count). The molecule has 3 heteroatoms. The van der Waals surface area contributed by atoms with Crippen molar-refractivity contribution < 1.29 is 0 Å². The summed E-state index contributed by atoms with van der Waals surface area (Å²) in [5, 5.41) is 4.24. The van der Waals surface area contributed by atoms with E-state index in [1.165, 1.54) is 24.0 Å². The van der Waals surface area contributed by atoms with Gasteiger partial charge in [-0.2, -0.15) is 5.10 Å². The Balaban J connectivity index is 1.48. The van der Waals surface area contributed by atoms with Crippen LogP contribution in [0, 0.1) is 0 Å². The highest BCUT2D eigenvalue weighted by molar-refractivity contribution is 5.33. The van der Waals surface area contributed by atoms with Gasteiger partial charge in [0.2, 0.25) is 0 Å². The minimum Gasteiger partial charge on any atom is -0.303 e. The van der Waals surface area contributed by atoms with Crippen LogP contribution in [-0.2, 0) is 19.4 Å². The number of hydrogen-bond donors (Lipinski definition) is 0. The van der Waals surface area contributed by atoms with Crippen molar-refractivity contribution >= 4 is 0 Å². The summed E-state index contributed by atoms with van der Waals surface area (Å²) in [4.78, 5) is 2.50. The summed E-state index contributed by atoms with van der Waals surface area (Å²) in [6, 6.07) is 11.5. The van der Waals surface area contributed by atoms with Crippen molar-refractivity contribution in [3.05, 3.63) is 53.9 Å². The Hall–Kier alpha value is -1.61. The molecule has 1 aromatic heterocycles. The summed E-state index contributed by atoms with van der Waals surface area (Å²) in [7, 11) is 2.25. The van der Waals surface area contributed by atoms with Crippen molar-refractivity contribution in [2.75, 3.05) is 13.6 Å². The van der Waals surface area contributed by atoms with Crippen LogP contribution in [0.3, 0.4) is 0 Å². The quantitative estimate of drug-likeness (QED) is 0.818. The molecule has 1 aromatic carbocycles. The fraction of sp³-hybridized carbons (Fsp3) is 0.438. The molecule has 0 fully saturated rings. The van der Waals surface area contributed by atoms with Crippen LogP contribution in [0.5, 0.6) is 0 Å². The van der Waals surface area contributed by atoms with Crippen LogP contribution in [-0.4, -0.2) is 34.3 Å². The molecule has 0 unspecified atom stereocenters. The van der Waals surface area contributed by atoms with E-state index in [1.807, 2.05) is 23.1 Å². The van der Waals surface area contributed by atoms with Crippen LogP contribution >= 0.6 is 0 Å². The number of aryl methyl sites for hydroxylation is 1. The maximum atomic E-state index is 4.24. The lowest BCUT2D eigenvalue weighted by atomic mass is 10.1. The number of aromatic nitrogens is 2. The molecular formula is C16H21N3. The van der Waals surface area contributed by atoms with E-state index in [0.29, 0.717) is 6.04 Å². The lowest BCUT2D eigenvalue weighted by Crippen LogP contribution is -2.33. The second kappa shape index (κ2) is 5.57. The molecule has 0 N–H and O–H groups in total. The first-order chi connectivity index (χ1) is 9.33. The monoisotopic (exact) mass is 255 g/mol. The molecule has 0 spiro atoms. The maximum Gasteiger partial charge on any atom is 0.0489 e. The lowest BCUT2D eigenvalue weighted by molar-refractivity contribution is 0.240. The fourth-order valence-electron chi connectivity index (χ4n) is 2.94. The van der Waals surface area contributed by atoms with E-state index in [1.54, 1.807) is 0 Å². The van der Waals surface area contributed by atoms with Gasteiger partial charge in [-0.3, -0.25) is 4.68 Å². The molecule has 1 aliphatic carbocycles. The van der Waals surface area contributed by atoms with E-state index < -0.39 is 0 Å². The van der Waals surface area contributed by atoms with Gasteiger partial charge in [0.15, 0.2) is 0 Å². The largest absolute Gasteiger partial charge is 0.303 e. The van der Waals surface area contributed by atoms with Crippen LogP contribution in [0.2, 0.25) is 0 Å². The molecule has 0 atom stereocenters. The van der Waals surface area contributed by atoms with Gasteiger partial charge in [-0.25, -0.2) is 0 Å². The molecule has 1 heterocycles. The molecule has 0 saturated carbocycles. The Morgan fingerprint density at radius 1 is 1.21 bits per heavy atom. The van der Waals surface area contributed by atoms with Crippen LogP contribution in [0.15, 0.2) is 42.7 Å². The van der Waals surface area contributed by atoms with E-state index in [-0.39, 0.29) is 0 Å². The molecule has 19 heavy (non-hydrogen) atoms. The van der Waals surface area contributed by atoms with E-state index in [9.17, 15) is 0 Å². The lowest BCUT2D eigenvalue weighted by Gasteiger charge is -2.23. The number of rotatable bonds is 5. The fourth-order valence-corrected chi connectivity index (χ4v) is 2.94. The van der Waals surface area contributed by atoms with Crippen molar-refractivity contribution in [3.8, 4) is 0 Å². The minimum atomic E-state index is 0.676. The number of nitrogens with zero attached hydrogens (tertiary/aromatic N) is 3. The highest BCUT2D eigenvalue weighted by Gasteiger charge is 2.23. The number of benzene rings is 1. The summed E-state index contributed by atoms with van der Waals surface area (Å²) in [6.07, 6.45) is 7.44. The summed E-state index contributed by atoms with van der Waals surface area (Å²) >= 11 is 0. The van der Waals surface area contributed by atoms with Crippen molar-refractivity contribution in [2.45, 2.75) is 31.8 Å². The summed E-state index contributed by atoms with van der Waals surface area (Å²) in [5.41, 5.74) is 3.07. The minimum absolute atomic E-state index is 0.676. The molecule has 0 aliphatic heterocycles. The first-order valence-corrected chi connectivity index (χ1v) is 7.07. The molecule has 1 aliphatic rings. The molecule has 0 bridgehead atoms. The second-order valence-corrected chi connectivity index (χ2v) is 5.43. The van der Waals surface area contributed by atoms with E-state index >= 15 is 0 Å². The van der Waals surface area contributed by atoms with Gasteiger partial charge in [0.25, 0.3) is 0 Å². The van der Waals surface area contributed by atoms with Crippen LogP contribution in [0.4, 0.5) is 0 Å². The van der Waals surface area contributed by atoms with Crippen molar-refractivity contribution in [2.24, 2.45) is 0 Å². The predicted molar refractivity (Wildman–Crippen MR) is 77.1 cm³/mol. The van der Waals surface area contributed by atoms with Crippen molar-refractivity contribution in [1.29, 1.82) is 0 Å². The summed E-state index contributed by atoms with van der Waals surface area (Å²) in [5.74, 6) is 0. The molecule has 3 nitrogen and oxygen atoms in total. The average Bonchev–Trinajstić information content (AvgIpc) is 3.07. The topological polar surface area (TPSA) is 21.1 Å². The van der Waals surface area contributed by atoms with Gasteiger partial charge in [-0.15, -0.1) is 0 Å². The van der Waals surface area contributed by atoms with Crippen LogP contribution in [0.1, 0.15) is 17.5 Å². The maximum absolute atomic E-state index is 4.24. The zero-order valence-corrected chi connectivity index (χ0v) is 11.5. The Morgan fingerprint density at radius 3 is 2.58 bits per heavy atom. The van der Waals surface area contributed by atoms with Crippen LogP contribution in [0.25, 0.3) is 0 Å². The third kappa shape index (κ3) is 2.87. The highest BCUT2D eigenvalue weighted by Crippen LogP contribution is 2.24. The zero-order chi connectivity index (χ0) is 13.1. The standard InChI is InChI=1S/C16H21N3/c1-18(9-5-11-19-10-4-8-17-19)16-12-14-6-2-3-7-15(14)13-16/h2-4,6-8,10,16H,5,9,11-13H2,1H3. The van der Waals surface area contributed by atoms with Gasteiger partial charge in [-0.1, -0.05) is 24.3 Å². The normalized spacial score (nSPS) is 15.1. The Labute approximate surface area is 114 Å². The Kier molecular flexibility index (Phi) is 3.65. The molecule has 0 radical (unpaired) electrons. The molecule has 100 valence electrons. The Bertz CT molecular complexity index is 494. The van der Waals surface area contributed by atoms with Crippen molar-refractivity contribution in [3.63, 3.8) is 0 Å². The second-order valence-electron chi connectivity index (χ2n) is 5.43. The first kappa shape index (κ1) is 12.4. The molecular weight excluding hydrogens is 234 g/mol. The number of fused-ring (bicyclic) bond motifs is 1.